The van der Waals surface area contributed by atoms with Gasteiger partial charge in [-0.25, -0.2) is 10.8 Å². The van der Waals surface area contributed by atoms with Gasteiger partial charge >= 0.3 is 5.69 Å². The molecule has 0 aliphatic carbocycles. The molecule has 0 unspecified atom stereocenters. The standard InChI is InChI=1S/C12H13N5O2S/c1-20-9-4-2-3-8(7-9)14-12-10(17(18)19)5-6-11(15-12)16-13/h2-7H,13H2,1H3,(H2,14,15,16). The molecule has 0 radical (unpaired) electrons. The van der Waals surface area contributed by atoms with Gasteiger partial charge in [-0.3, -0.25) is 10.1 Å². The average Bonchev–Trinajstić information content (AvgIpc) is 2.47. The summed E-state index contributed by atoms with van der Waals surface area (Å²) in [7, 11) is 0. The van der Waals surface area contributed by atoms with E-state index in [0.29, 0.717) is 5.82 Å². The van der Waals surface area contributed by atoms with E-state index in [4.69, 9.17) is 5.84 Å². The third kappa shape index (κ3) is 3.16. The van der Waals surface area contributed by atoms with Crippen LogP contribution in [0.4, 0.5) is 23.0 Å². The van der Waals surface area contributed by atoms with E-state index in [1.165, 1.54) is 12.1 Å². The molecule has 4 N–H and O–H groups in total. The quantitative estimate of drug-likeness (QED) is 0.336. The Hall–Kier alpha value is -2.32. The number of nitrogen functional groups attached to an aromatic ring is 1. The monoisotopic (exact) mass is 291 g/mol. The van der Waals surface area contributed by atoms with Gasteiger partial charge in [0.15, 0.2) is 0 Å². The molecule has 8 heteroatoms. The lowest BCUT2D eigenvalue weighted by molar-refractivity contribution is -0.384. The normalized spacial score (nSPS) is 10.1. The van der Waals surface area contributed by atoms with Crippen molar-refractivity contribution in [2.24, 2.45) is 5.84 Å². The van der Waals surface area contributed by atoms with Gasteiger partial charge in [-0.2, -0.15) is 0 Å². The first-order valence-corrected chi connectivity index (χ1v) is 6.89. The predicted molar refractivity (Wildman–Crippen MR) is 80.2 cm³/mol. The van der Waals surface area contributed by atoms with Crippen molar-refractivity contribution < 1.29 is 4.92 Å². The number of rotatable bonds is 5. The molecular weight excluding hydrogens is 278 g/mol. The zero-order valence-corrected chi connectivity index (χ0v) is 11.5. The molecule has 0 bridgehead atoms. The number of nitrogens with one attached hydrogen (secondary N) is 2. The van der Waals surface area contributed by atoms with Crippen molar-refractivity contribution in [3.63, 3.8) is 0 Å². The van der Waals surface area contributed by atoms with Crippen molar-refractivity contribution in [1.29, 1.82) is 0 Å². The van der Waals surface area contributed by atoms with Crippen LogP contribution < -0.4 is 16.6 Å². The molecule has 0 aliphatic rings. The molecule has 104 valence electrons. The number of hydrogen-bond acceptors (Lipinski definition) is 7. The Balaban J connectivity index is 2.37. The van der Waals surface area contributed by atoms with Crippen LogP contribution in [0, 0.1) is 10.1 Å². The lowest BCUT2D eigenvalue weighted by Crippen LogP contribution is -2.10. The molecular formula is C12H13N5O2S. The number of aromatic nitrogens is 1. The van der Waals surface area contributed by atoms with Crippen molar-refractivity contribution in [3.8, 4) is 0 Å². The van der Waals surface area contributed by atoms with Crippen molar-refractivity contribution >= 4 is 34.8 Å². The van der Waals surface area contributed by atoms with Crippen LogP contribution >= 0.6 is 11.8 Å². The highest BCUT2D eigenvalue weighted by molar-refractivity contribution is 7.98. The fraction of sp³-hybridized carbons (Fsp3) is 0.0833. The average molecular weight is 291 g/mol. The van der Waals surface area contributed by atoms with E-state index in [0.717, 1.165) is 10.6 Å². The van der Waals surface area contributed by atoms with Crippen LogP contribution in [0.25, 0.3) is 0 Å². The van der Waals surface area contributed by atoms with Gasteiger partial charge in [0.25, 0.3) is 0 Å². The summed E-state index contributed by atoms with van der Waals surface area (Å²) < 4.78 is 0. The van der Waals surface area contributed by atoms with Crippen molar-refractivity contribution in [1.82, 2.24) is 4.98 Å². The van der Waals surface area contributed by atoms with E-state index in [1.807, 2.05) is 30.5 Å². The van der Waals surface area contributed by atoms with Crippen LogP contribution in [0.3, 0.4) is 0 Å². The third-order valence-corrected chi connectivity index (χ3v) is 3.28. The number of pyridine rings is 1. The lowest BCUT2D eigenvalue weighted by Gasteiger charge is -2.08. The second-order valence-corrected chi connectivity index (χ2v) is 4.70. The number of anilines is 3. The van der Waals surface area contributed by atoms with Crippen LogP contribution in [0.1, 0.15) is 0 Å². The maximum Gasteiger partial charge on any atom is 0.311 e. The Bertz CT molecular complexity index is 635. The number of hydrogen-bond donors (Lipinski definition) is 3. The molecule has 1 heterocycles. The summed E-state index contributed by atoms with van der Waals surface area (Å²) in [5.74, 6) is 5.76. The van der Waals surface area contributed by atoms with Gasteiger partial charge in [-0.1, -0.05) is 6.07 Å². The Morgan fingerprint density at radius 1 is 1.35 bits per heavy atom. The van der Waals surface area contributed by atoms with E-state index < -0.39 is 4.92 Å². The van der Waals surface area contributed by atoms with Gasteiger partial charge in [0.2, 0.25) is 5.82 Å². The number of nitro groups is 1. The van der Waals surface area contributed by atoms with Crippen molar-refractivity contribution in [2.75, 3.05) is 17.0 Å². The van der Waals surface area contributed by atoms with Crippen LogP contribution in [-0.4, -0.2) is 16.2 Å². The summed E-state index contributed by atoms with van der Waals surface area (Å²) in [5.41, 5.74) is 2.98. The first-order valence-electron chi connectivity index (χ1n) is 5.67. The lowest BCUT2D eigenvalue weighted by atomic mass is 10.3. The zero-order chi connectivity index (χ0) is 14.5. The second kappa shape index (κ2) is 6.22. The topological polar surface area (TPSA) is 106 Å². The highest BCUT2D eigenvalue weighted by Crippen LogP contribution is 2.28. The summed E-state index contributed by atoms with van der Waals surface area (Å²) in [4.78, 5) is 15.6. The molecule has 7 nitrogen and oxygen atoms in total. The third-order valence-electron chi connectivity index (χ3n) is 2.55. The molecule has 0 fully saturated rings. The molecule has 0 amide bonds. The van der Waals surface area contributed by atoms with E-state index in [9.17, 15) is 10.1 Å². The molecule has 0 spiro atoms. The number of hydrazine groups is 1. The number of nitrogens with two attached hydrogens (primary N) is 1. The zero-order valence-electron chi connectivity index (χ0n) is 10.7. The Labute approximate surface area is 119 Å². The van der Waals surface area contributed by atoms with Gasteiger partial charge in [0.05, 0.1) is 4.92 Å². The minimum absolute atomic E-state index is 0.112. The van der Waals surface area contributed by atoms with Gasteiger partial charge in [0.1, 0.15) is 5.82 Å². The maximum atomic E-state index is 11.0. The smallest absolute Gasteiger partial charge is 0.311 e. The van der Waals surface area contributed by atoms with Crippen LogP contribution in [0.15, 0.2) is 41.3 Å². The van der Waals surface area contributed by atoms with E-state index in [2.05, 4.69) is 15.7 Å². The van der Waals surface area contributed by atoms with Crippen LogP contribution in [0.5, 0.6) is 0 Å². The summed E-state index contributed by atoms with van der Waals surface area (Å²) in [6.07, 6.45) is 1.96. The molecule has 2 rings (SSSR count). The fourth-order valence-electron chi connectivity index (χ4n) is 1.61. The van der Waals surface area contributed by atoms with Crippen molar-refractivity contribution in [3.05, 3.63) is 46.5 Å². The first kappa shape index (κ1) is 14.1. The highest BCUT2D eigenvalue weighted by atomic mass is 32.2. The van der Waals surface area contributed by atoms with Crippen LogP contribution in [-0.2, 0) is 0 Å². The van der Waals surface area contributed by atoms with E-state index in [-0.39, 0.29) is 11.5 Å². The minimum atomic E-state index is -0.492. The minimum Gasteiger partial charge on any atom is -0.334 e. The summed E-state index contributed by atoms with van der Waals surface area (Å²) in [6, 6.07) is 10.3. The van der Waals surface area contributed by atoms with E-state index in [1.54, 1.807) is 11.8 Å². The molecule has 0 aliphatic heterocycles. The largest absolute Gasteiger partial charge is 0.334 e. The highest BCUT2D eigenvalue weighted by Gasteiger charge is 2.16. The number of thioether (sulfide) groups is 1. The Kier molecular flexibility index (Phi) is 4.38. The maximum absolute atomic E-state index is 11.0. The molecule has 0 saturated carbocycles. The number of nitrogens with zero attached hydrogens (tertiary/aromatic N) is 2. The molecule has 2 aromatic rings. The Morgan fingerprint density at radius 2 is 2.15 bits per heavy atom. The molecule has 1 aromatic carbocycles. The van der Waals surface area contributed by atoms with Gasteiger partial charge in [-0.05, 0) is 30.5 Å². The van der Waals surface area contributed by atoms with Gasteiger partial charge in [-0.15, -0.1) is 11.8 Å². The van der Waals surface area contributed by atoms with Crippen LogP contribution in [0.2, 0.25) is 0 Å². The van der Waals surface area contributed by atoms with Gasteiger partial charge < -0.3 is 10.7 Å². The second-order valence-electron chi connectivity index (χ2n) is 3.82. The molecule has 1 aromatic heterocycles. The predicted octanol–water partition coefficient (Wildman–Crippen LogP) is 2.74. The first-order chi connectivity index (χ1) is 9.63. The SMILES string of the molecule is CSc1cccc(Nc2nc(NN)ccc2[N+](=O)[O-])c1. The van der Waals surface area contributed by atoms with Crippen molar-refractivity contribution in [2.45, 2.75) is 4.90 Å². The molecule has 0 atom stereocenters. The van der Waals surface area contributed by atoms with E-state index >= 15 is 0 Å². The molecule has 0 saturated heterocycles. The summed E-state index contributed by atoms with van der Waals surface area (Å²) >= 11 is 1.59. The Morgan fingerprint density at radius 3 is 2.80 bits per heavy atom. The summed E-state index contributed by atoms with van der Waals surface area (Å²) in [6.45, 7) is 0. The fourth-order valence-corrected chi connectivity index (χ4v) is 2.07. The number of benzene rings is 1. The molecule has 20 heavy (non-hydrogen) atoms. The summed E-state index contributed by atoms with van der Waals surface area (Å²) in [5, 5.41) is 13.9. The van der Waals surface area contributed by atoms with Gasteiger partial charge in [0, 0.05) is 16.6 Å².